The monoisotopic (exact) mass is 456 g/mol. The fraction of sp³-hybridized carbons (Fsp3) is 0.692. The second kappa shape index (κ2) is 11.6. The molecule has 182 valence electrons. The number of para-hydroxylation sites is 2. The number of anilines is 1. The van der Waals surface area contributed by atoms with E-state index in [1.807, 2.05) is 28.0 Å². The Hall–Kier alpha value is -2.44. The van der Waals surface area contributed by atoms with E-state index < -0.39 is 0 Å². The molecule has 7 nitrogen and oxygen atoms in total. The Morgan fingerprint density at radius 3 is 2.48 bits per heavy atom. The highest BCUT2D eigenvalue weighted by Crippen LogP contribution is 2.29. The number of hydrogen-bond acceptors (Lipinski definition) is 4. The lowest BCUT2D eigenvalue weighted by Crippen LogP contribution is -2.54. The number of carbonyl (C=O) groups excluding carboxylic acids is 2. The van der Waals surface area contributed by atoms with E-state index in [0.29, 0.717) is 12.0 Å². The Bertz CT molecular complexity index is 775. The highest BCUT2D eigenvalue weighted by molar-refractivity contribution is 5.75. The van der Waals surface area contributed by atoms with Gasteiger partial charge in [-0.15, -0.1) is 0 Å². The van der Waals surface area contributed by atoms with Gasteiger partial charge in [0.05, 0.1) is 12.8 Å². The van der Waals surface area contributed by atoms with Crippen molar-refractivity contribution >= 4 is 18.1 Å². The number of piperidine rings is 1. The summed E-state index contributed by atoms with van der Waals surface area (Å²) >= 11 is 0. The number of likely N-dealkylation sites (tertiary alicyclic amines) is 1. The molecule has 0 N–H and O–H groups in total. The molecule has 1 aromatic carbocycles. The zero-order chi connectivity index (χ0) is 23.0. The van der Waals surface area contributed by atoms with Crippen molar-refractivity contribution in [2.45, 2.75) is 57.4 Å². The number of piperazine rings is 1. The van der Waals surface area contributed by atoms with E-state index in [2.05, 4.69) is 15.9 Å². The van der Waals surface area contributed by atoms with Gasteiger partial charge in [-0.1, -0.05) is 31.4 Å². The predicted octanol–water partition coefficient (Wildman–Crippen LogP) is 3.83. The van der Waals surface area contributed by atoms with Gasteiger partial charge in [-0.2, -0.15) is 0 Å². The molecule has 0 spiro atoms. The molecule has 1 unspecified atom stereocenters. The molecule has 2 heterocycles. The normalized spacial score (nSPS) is 22.2. The van der Waals surface area contributed by atoms with Crippen LogP contribution in [-0.4, -0.2) is 86.1 Å². The van der Waals surface area contributed by atoms with Crippen molar-refractivity contribution in [2.24, 2.45) is 5.92 Å². The molecular formula is C26H40N4O3. The SMILES string of the molecule is COc1ccccc1N1CCN(C(=O)N2CCCC(CCN(C=O)C3CCCCC3)C2)CC1. The summed E-state index contributed by atoms with van der Waals surface area (Å²) in [5.74, 6) is 1.37. The third kappa shape index (κ3) is 5.92. The smallest absolute Gasteiger partial charge is 0.320 e. The van der Waals surface area contributed by atoms with Gasteiger partial charge in [0.2, 0.25) is 6.41 Å². The maximum atomic E-state index is 13.2. The van der Waals surface area contributed by atoms with E-state index in [-0.39, 0.29) is 6.03 Å². The maximum Gasteiger partial charge on any atom is 0.320 e. The van der Waals surface area contributed by atoms with Crippen molar-refractivity contribution in [2.75, 3.05) is 57.8 Å². The molecule has 7 heteroatoms. The minimum Gasteiger partial charge on any atom is -0.495 e. The van der Waals surface area contributed by atoms with Gasteiger partial charge in [-0.25, -0.2) is 4.79 Å². The molecule has 2 aliphatic heterocycles. The van der Waals surface area contributed by atoms with Gasteiger partial charge < -0.3 is 24.3 Å². The van der Waals surface area contributed by atoms with Gasteiger partial charge in [0.25, 0.3) is 0 Å². The Morgan fingerprint density at radius 1 is 1.00 bits per heavy atom. The lowest BCUT2D eigenvalue weighted by molar-refractivity contribution is -0.121. The highest BCUT2D eigenvalue weighted by Gasteiger charge is 2.30. The molecule has 3 aliphatic rings. The average Bonchev–Trinajstić information content (AvgIpc) is 2.89. The second-order valence-electron chi connectivity index (χ2n) is 9.81. The van der Waals surface area contributed by atoms with Crippen LogP contribution in [0.25, 0.3) is 0 Å². The number of carbonyl (C=O) groups is 2. The van der Waals surface area contributed by atoms with Crippen molar-refractivity contribution in [1.82, 2.24) is 14.7 Å². The lowest BCUT2D eigenvalue weighted by Gasteiger charge is -2.41. The number of amides is 3. The van der Waals surface area contributed by atoms with Crippen LogP contribution in [0.4, 0.5) is 10.5 Å². The zero-order valence-corrected chi connectivity index (χ0v) is 20.2. The largest absolute Gasteiger partial charge is 0.495 e. The van der Waals surface area contributed by atoms with E-state index in [1.54, 1.807) is 7.11 Å². The Labute approximate surface area is 198 Å². The van der Waals surface area contributed by atoms with Gasteiger partial charge in [-0.05, 0) is 50.2 Å². The van der Waals surface area contributed by atoms with Crippen molar-refractivity contribution < 1.29 is 14.3 Å². The molecule has 1 aromatic rings. The van der Waals surface area contributed by atoms with Gasteiger partial charge >= 0.3 is 6.03 Å². The summed E-state index contributed by atoms with van der Waals surface area (Å²) < 4.78 is 5.51. The van der Waals surface area contributed by atoms with Crippen molar-refractivity contribution in [3.05, 3.63) is 24.3 Å². The number of rotatable bonds is 7. The Balaban J connectivity index is 1.25. The van der Waals surface area contributed by atoms with Crippen molar-refractivity contribution in [3.63, 3.8) is 0 Å². The predicted molar refractivity (Wildman–Crippen MR) is 131 cm³/mol. The maximum absolute atomic E-state index is 13.2. The average molecular weight is 457 g/mol. The number of urea groups is 1. The molecule has 3 fully saturated rings. The molecule has 1 saturated carbocycles. The first-order chi connectivity index (χ1) is 16.2. The van der Waals surface area contributed by atoms with Crippen LogP contribution in [-0.2, 0) is 4.79 Å². The van der Waals surface area contributed by atoms with E-state index in [1.165, 1.54) is 19.3 Å². The minimum absolute atomic E-state index is 0.180. The van der Waals surface area contributed by atoms with Crippen LogP contribution < -0.4 is 9.64 Å². The van der Waals surface area contributed by atoms with Crippen molar-refractivity contribution in [3.8, 4) is 5.75 Å². The number of ether oxygens (including phenoxy) is 1. The first kappa shape index (κ1) is 23.7. The van der Waals surface area contributed by atoms with Gasteiger partial charge in [0, 0.05) is 51.9 Å². The van der Waals surface area contributed by atoms with Crippen LogP contribution in [0.3, 0.4) is 0 Å². The van der Waals surface area contributed by atoms with E-state index in [9.17, 15) is 9.59 Å². The molecule has 0 radical (unpaired) electrons. The number of benzene rings is 1. The third-order valence-corrected chi connectivity index (χ3v) is 7.74. The summed E-state index contributed by atoms with van der Waals surface area (Å²) in [4.78, 5) is 33.3. The molecule has 3 amide bonds. The third-order valence-electron chi connectivity index (χ3n) is 7.74. The first-order valence-electron chi connectivity index (χ1n) is 12.8. The first-order valence-corrected chi connectivity index (χ1v) is 12.8. The van der Waals surface area contributed by atoms with E-state index >= 15 is 0 Å². The lowest BCUT2D eigenvalue weighted by atomic mass is 9.92. The molecule has 2 saturated heterocycles. The second-order valence-corrected chi connectivity index (χ2v) is 9.81. The minimum atomic E-state index is 0.180. The van der Waals surface area contributed by atoms with Crippen LogP contribution in [0.5, 0.6) is 5.75 Å². The Morgan fingerprint density at radius 2 is 1.76 bits per heavy atom. The number of hydrogen-bond donors (Lipinski definition) is 0. The summed E-state index contributed by atoms with van der Waals surface area (Å²) in [6.07, 6.45) is 10.4. The summed E-state index contributed by atoms with van der Waals surface area (Å²) in [6, 6.07) is 8.69. The molecule has 0 bridgehead atoms. The summed E-state index contributed by atoms with van der Waals surface area (Å²) in [5, 5.41) is 0. The standard InChI is InChI=1S/C26H40N4O3/c1-33-25-12-6-5-11-24(25)27-16-18-28(19-17-27)26(32)29-14-7-8-22(20-29)13-15-30(21-31)23-9-3-2-4-10-23/h5-6,11-12,21-23H,2-4,7-10,13-20H2,1H3. The Kier molecular flexibility index (Phi) is 8.35. The topological polar surface area (TPSA) is 56.3 Å². The molecule has 1 aliphatic carbocycles. The van der Waals surface area contributed by atoms with Crippen LogP contribution in [0.1, 0.15) is 51.4 Å². The number of nitrogens with zero attached hydrogens (tertiary/aromatic N) is 4. The summed E-state index contributed by atoms with van der Waals surface area (Å²) in [5.41, 5.74) is 1.10. The number of methoxy groups -OCH3 is 1. The molecular weight excluding hydrogens is 416 g/mol. The molecule has 4 rings (SSSR count). The van der Waals surface area contributed by atoms with E-state index in [0.717, 1.165) is 95.8 Å². The highest BCUT2D eigenvalue weighted by atomic mass is 16.5. The molecule has 1 atom stereocenters. The van der Waals surface area contributed by atoms with Gasteiger partial charge in [-0.3, -0.25) is 4.79 Å². The summed E-state index contributed by atoms with van der Waals surface area (Å²) in [6.45, 7) is 5.61. The zero-order valence-electron chi connectivity index (χ0n) is 20.2. The van der Waals surface area contributed by atoms with Crippen LogP contribution >= 0.6 is 0 Å². The summed E-state index contributed by atoms with van der Waals surface area (Å²) in [7, 11) is 1.70. The fourth-order valence-corrected chi connectivity index (χ4v) is 5.77. The quantitative estimate of drug-likeness (QED) is 0.585. The van der Waals surface area contributed by atoms with E-state index in [4.69, 9.17) is 4.74 Å². The fourth-order valence-electron chi connectivity index (χ4n) is 5.77. The van der Waals surface area contributed by atoms with Crippen LogP contribution in [0.2, 0.25) is 0 Å². The molecule has 33 heavy (non-hydrogen) atoms. The van der Waals surface area contributed by atoms with Crippen LogP contribution in [0, 0.1) is 5.92 Å². The van der Waals surface area contributed by atoms with Gasteiger partial charge in [0.1, 0.15) is 5.75 Å². The van der Waals surface area contributed by atoms with Gasteiger partial charge in [0.15, 0.2) is 0 Å². The molecule has 0 aromatic heterocycles. The van der Waals surface area contributed by atoms with Crippen molar-refractivity contribution in [1.29, 1.82) is 0 Å². The van der Waals surface area contributed by atoms with Crippen LogP contribution in [0.15, 0.2) is 24.3 Å².